The lowest BCUT2D eigenvalue weighted by atomic mass is 10.2. The molecule has 0 bridgehead atoms. The lowest BCUT2D eigenvalue weighted by Crippen LogP contribution is -2.12. The van der Waals surface area contributed by atoms with Crippen LogP contribution < -0.4 is 5.32 Å². The Bertz CT molecular complexity index is 674. The van der Waals surface area contributed by atoms with Crippen molar-refractivity contribution in [3.05, 3.63) is 67.6 Å². The van der Waals surface area contributed by atoms with Crippen LogP contribution in [-0.2, 0) is 0 Å². The number of nitrogens with one attached hydrogen (secondary N) is 1. The van der Waals surface area contributed by atoms with Gasteiger partial charge in [-0.2, -0.15) is 0 Å². The summed E-state index contributed by atoms with van der Waals surface area (Å²) in [7, 11) is 0. The minimum Gasteiger partial charge on any atom is -0.321 e. The molecule has 2 aromatic rings. The number of carbonyl (C=O) groups excluding carboxylic acids is 1. The summed E-state index contributed by atoms with van der Waals surface area (Å²) in [4.78, 5) is 22.2. The molecule has 0 saturated heterocycles. The van der Waals surface area contributed by atoms with E-state index in [0.29, 0.717) is 20.7 Å². The van der Waals surface area contributed by atoms with Crippen molar-refractivity contribution >= 4 is 44.8 Å². The summed E-state index contributed by atoms with van der Waals surface area (Å²) in [6, 6.07) is 10.5. The molecule has 2 rings (SSSR count). The van der Waals surface area contributed by atoms with Crippen molar-refractivity contribution in [3.8, 4) is 0 Å². The van der Waals surface area contributed by atoms with Crippen LogP contribution in [0, 0.1) is 10.1 Å². The molecule has 0 aliphatic carbocycles. The Kier molecular flexibility index (Phi) is 4.36. The van der Waals surface area contributed by atoms with Gasteiger partial charge in [0.2, 0.25) is 0 Å². The van der Waals surface area contributed by atoms with Gasteiger partial charge in [-0.3, -0.25) is 14.9 Å². The van der Waals surface area contributed by atoms with Gasteiger partial charge in [-0.05, 0) is 46.3 Å². The molecule has 0 saturated carbocycles. The maximum absolute atomic E-state index is 12.0. The fourth-order valence-corrected chi connectivity index (χ4v) is 1.99. The molecule has 20 heavy (non-hydrogen) atoms. The molecule has 0 atom stereocenters. The van der Waals surface area contributed by atoms with E-state index in [2.05, 4.69) is 21.2 Å². The third-order valence-corrected chi connectivity index (χ3v) is 3.46. The van der Waals surface area contributed by atoms with Crippen LogP contribution in [0.25, 0.3) is 0 Å². The number of halogens is 2. The number of nitro groups is 1. The number of amides is 1. The number of benzene rings is 2. The Hall–Kier alpha value is -1.92. The molecule has 0 unspecified atom stereocenters. The second kappa shape index (κ2) is 6.02. The van der Waals surface area contributed by atoms with Crippen LogP contribution in [0.15, 0.2) is 46.9 Å². The second-order valence-electron chi connectivity index (χ2n) is 3.88. The molecule has 0 spiro atoms. The van der Waals surface area contributed by atoms with Crippen molar-refractivity contribution in [2.45, 2.75) is 0 Å². The summed E-state index contributed by atoms with van der Waals surface area (Å²) in [5.74, 6) is -0.372. The van der Waals surface area contributed by atoms with Crippen molar-refractivity contribution < 1.29 is 9.72 Å². The molecule has 0 aliphatic rings. The average molecular weight is 356 g/mol. The van der Waals surface area contributed by atoms with Gasteiger partial charge in [-0.1, -0.05) is 11.6 Å². The van der Waals surface area contributed by atoms with E-state index in [1.165, 1.54) is 18.2 Å². The number of rotatable bonds is 3. The molecule has 2 aromatic carbocycles. The van der Waals surface area contributed by atoms with E-state index < -0.39 is 4.92 Å². The molecule has 102 valence electrons. The molecule has 5 nitrogen and oxygen atoms in total. The average Bonchev–Trinajstić information content (AvgIpc) is 2.41. The molecular weight excluding hydrogens is 348 g/mol. The zero-order chi connectivity index (χ0) is 14.7. The van der Waals surface area contributed by atoms with E-state index >= 15 is 0 Å². The predicted octanol–water partition coefficient (Wildman–Crippen LogP) is 4.26. The summed E-state index contributed by atoms with van der Waals surface area (Å²) in [5.41, 5.74) is 0.645. The minimum atomic E-state index is -0.523. The minimum absolute atomic E-state index is 0.0976. The largest absolute Gasteiger partial charge is 0.321 e. The van der Waals surface area contributed by atoms with Crippen LogP contribution >= 0.6 is 27.5 Å². The number of carbonyl (C=O) groups is 1. The van der Waals surface area contributed by atoms with Gasteiger partial charge in [0.05, 0.1) is 10.6 Å². The van der Waals surface area contributed by atoms with Crippen molar-refractivity contribution in [3.63, 3.8) is 0 Å². The van der Waals surface area contributed by atoms with E-state index in [1.54, 1.807) is 24.3 Å². The summed E-state index contributed by atoms with van der Waals surface area (Å²) >= 11 is 8.98. The topological polar surface area (TPSA) is 72.2 Å². The first kappa shape index (κ1) is 14.5. The number of hydrogen-bond acceptors (Lipinski definition) is 3. The fourth-order valence-electron chi connectivity index (χ4n) is 1.52. The number of hydrogen-bond donors (Lipinski definition) is 1. The normalized spacial score (nSPS) is 10.1. The summed E-state index contributed by atoms with van der Waals surface area (Å²) in [6.45, 7) is 0. The predicted molar refractivity (Wildman–Crippen MR) is 80.2 cm³/mol. The molecule has 0 radical (unpaired) electrons. The van der Waals surface area contributed by atoms with Gasteiger partial charge in [0, 0.05) is 27.2 Å². The Morgan fingerprint density at radius 2 is 1.85 bits per heavy atom. The Balaban J connectivity index is 2.25. The van der Waals surface area contributed by atoms with Gasteiger partial charge in [0.1, 0.15) is 0 Å². The van der Waals surface area contributed by atoms with Crippen molar-refractivity contribution in [1.82, 2.24) is 0 Å². The van der Waals surface area contributed by atoms with Crippen LogP contribution in [-0.4, -0.2) is 10.8 Å². The zero-order valence-corrected chi connectivity index (χ0v) is 12.3. The number of nitrogens with zero attached hydrogens (tertiary/aromatic N) is 1. The molecule has 0 aliphatic heterocycles. The SMILES string of the molecule is O=C(Nc1cc([N+](=O)[O-])ccc1Br)c1ccc(Cl)cc1. The maximum atomic E-state index is 12.0. The van der Waals surface area contributed by atoms with Crippen LogP contribution in [0.2, 0.25) is 5.02 Å². The van der Waals surface area contributed by atoms with Gasteiger partial charge < -0.3 is 5.32 Å². The lowest BCUT2D eigenvalue weighted by molar-refractivity contribution is -0.384. The van der Waals surface area contributed by atoms with Crippen LogP contribution in [0.4, 0.5) is 11.4 Å². The highest BCUT2D eigenvalue weighted by atomic mass is 79.9. The van der Waals surface area contributed by atoms with E-state index in [1.807, 2.05) is 0 Å². The highest BCUT2D eigenvalue weighted by Gasteiger charge is 2.12. The zero-order valence-electron chi connectivity index (χ0n) is 9.97. The highest BCUT2D eigenvalue weighted by molar-refractivity contribution is 9.10. The molecule has 0 heterocycles. The van der Waals surface area contributed by atoms with E-state index in [0.717, 1.165) is 0 Å². The second-order valence-corrected chi connectivity index (χ2v) is 5.17. The maximum Gasteiger partial charge on any atom is 0.271 e. The first-order valence-electron chi connectivity index (χ1n) is 5.48. The van der Waals surface area contributed by atoms with E-state index in [-0.39, 0.29) is 11.6 Å². The number of non-ortho nitro benzene ring substituents is 1. The molecule has 7 heteroatoms. The molecule has 0 aromatic heterocycles. The molecule has 1 N–H and O–H groups in total. The van der Waals surface area contributed by atoms with Gasteiger partial charge in [0.25, 0.3) is 11.6 Å². The third kappa shape index (κ3) is 3.34. The van der Waals surface area contributed by atoms with Crippen molar-refractivity contribution in [1.29, 1.82) is 0 Å². The summed E-state index contributed by atoms with van der Waals surface area (Å²) in [5, 5.41) is 13.9. The van der Waals surface area contributed by atoms with Crippen molar-refractivity contribution in [2.24, 2.45) is 0 Å². The number of nitro benzene ring substituents is 1. The molecule has 0 fully saturated rings. The fraction of sp³-hybridized carbons (Fsp3) is 0. The van der Waals surface area contributed by atoms with Gasteiger partial charge in [0.15, 0.2) is 0 Å². The first-order chi connectivity index (χ1) is 9.47. The third-order valence-electron chi connectivity index (χ3n) is 2.52. The molecule has 1 amide bonds. The van der Waals surface area contributed by atoms with Crippen molar-refractivity contribution in [2.75, 3.05) is 5.32 Å². The number of anilines is 1. The van der Waals surface area contributed by atoms with Gasteiger partial charge >= 0.3 is 0 Å². The quantitative estimate of drug-likeness (QED) is 0.660. The highest BCUT2D eigenvalue weighted by Crippen LogP contribution is 2.27. The standard InChI is InChI=1S/C13H8BrClN2O3/c14-11-6-5-10(17(19)20)7-12(11)16-13(18)8-1-3-9(15)4-2-8/h1-7H,(H,16,18). The smallest absolute Gasteiger partial charge is 0.271 e. The Morgan fingerprint density at radius 1 is 1.20 bits per heavy atom. The van der Waals surface area contributed by atoms with Gasteiger partial charge in [-0.15, -0.1) is 0 Å². The first-order valence-corrected chi connectivity index (χ1v) is 6.65. The van der Waals surface area contributed by atoms with E-state index in [4.69, 9.17) is 11.6 Å². The van der Waals surface area contributed by atoms with E-state index in [9.17, 15) is 14.9 Å². The van der Waals surface area contributed by atoms with Crippen LogP contribution in [0.1, 0.15) is 10.4 Å². The Labute approximate surface area is 127 Å². The summed E-state index contributed by atoms with van der Waals surface area (Å²) in [6.07, 6.45) is 0. The van der Waals surface area contributed by atoms with Gasteiger partial charge in [-0.25, -0.2) is 0 Å². The lowest BCUT2D eigenvalue weighted by Gasteiger charge is -2.07. The monoisotopic (exact) mass is 354 g/mol. The summed E-state index contributed by atoms with van der Waals surface area (Å²) < 4.78 is 0.561. The Morgan fingerprint density at radius 3 is 2.45 bits per heavy atom. The van der Waals surface area contributed by atoms with Crippen LogP contribution in [0.3, 0.4) is 0 Å². The molecular formula is C13H8BrClN2O3. The van der Waals surface area contributed by atoms with Crippen LogP contribution in [0.5, 0.6) is 0 Å².